The van der Waals surface area contributed by atoms with Crippen molar-refractivity contribution in [2.45, 2.75) is 12.8 Å². The molecule has 0 saturated carbocycles. The standard InChI is InChI=1S/C19H41NO10S/c1-31(22,23)20-4-2-3-6-24-8-10-26-12-14-28-16-18-30-19-17-29-15-13-27-11-9-25-7-5-21/h20-21H,2-19H2,1H3. The monoisotopic (exact) mass is 475 g/mol. The molecule has 0 atom stereocenters. The van der Waals surface area contributed by atoms with Gasteiger partial charge in [-0.05, 0) is 12.8 Å². The summed E-state index contributed by atoms with van der Waals surface area (Å²) in [4.78, 5) is 0. The van der Waals surface area contributed by atoms with Crippen molar-refractivity contribution in [2.75, 3.05) is 112 Å². The van der Waals surface area contributed by atoms with E-state index in [0.717, 1.165) is 19.1 Å². The lowest BCUT2D eigenvalue weighted by Gasteiger charge is -2.08. The van der Waals surface area contributed by atoms with Crippen LogP contribution in [0.5, 0.6) is 0 Å². The number of unbranched alkanes of at least 4 members (excludes halogenated alkanes) is 1. The number of aliphatic hydroxyl groups is 1. The van der Waals surface area contributed by atoms with Crippen LogP contribution in [0.1, 0.15) is 12.8 Å². The molecule has 0 aliphatic carbocycles. The van der Waals surface area contributed by atoms with E-state index >= 15 is 0 Å². The number of hydrogen-bond donors (Lipinski definition) is 2. The van der Waals surface area contributed by atoms with Crippen LogP contribution in [0.15, 0.2) is 0 Å². The Morgan fingerprint density at radius 2 is 0.871 bits per heavy atom. The smallest absolute Gasteiger partial charge is 0.208 e. The van der Waals surface area contributed by atoms with Gasteiger partial charge in [-0.15, -0.1) is 0 Å². The molecule has 0 unspecified atom stereocenters. The largest absolute Gasteiger partial charge is 0.394 e. The summed E-state index contributed by atoms with van der Waals surface area (Å²) in [5.74, 6) is 0. The topological polar surface area (TPSA) is 131 Å². The molecule has 0 radical (unpaired) electrons. The average molecular weight is 476 g/mol. The van der Waals surface area contributed by atoms with E-state index in [1.165, 1.54) is 0 Å². The van der Waals surface area contributed by atoms with E-state index in [2.05, 4.69) is 4.72 Å². The summed E-state index contributed by atoms with van der Waals surface area (Å²) in [6.07, 6.45) is 2.69. The van der Waals surface area contributed by atoms with Gasteiger partial charge in [0.1, 0.15) is 0 Å². The van der Waals surface area contributed by atoms with Gasteiger partial charge in [0.2, 0.25) is 10.0 Å². The Balaban J connectivity index is 3.04. The zero-order valence-electron chi connectivity index (χ0n) is 18.8. The average Bonchev–Trinajstić information content (AvgIpc) is 2.73. The minimum Gasteiger partial charge on any atom is -0.394 e. The molecule has 12 heteroatoms. The molecule has 0 rings (SSSR count). The fourth-order valence-electron chi connectivity index (χ4n) is 2.07. The van der Waals surface area contributed by atoms with Crippen molar-refractivity contribution in [3.05, 3.63) is 0 Å². The van der Waals surface area contributed by atoms with E-state index < -0.39 is 10.0 Å². The Morgan fingerprint density at radius 3 is 1.19 bits per heavy atom. The summed E-state index contributed by atoms with van der Waals surface area (Å²) in [6.45, 7) is 7.33. The van der Waals surface area contributed by atoms with Gasteiger partial charge in [0.25, 0.3) is 0 Å². The van der Waals surface area contributed by atoms with Crippen molar-refractivity contribution in [3.63, 3.8) is 0 Å². The van der Waals surface area contributed by atoms with Gasteiger partial charge in [0, 0.05) is 13.2 Å². The first kappa shape index (κ1) is 30.6. The van der Waals surface area contributed by atoms with Gasteiger partial charge in [-0.25, -0.2) is 13.1 Å². The van der Waals surface area contributed by atoms with Crippen LogP contribution >= 0.6 is 0 Å². The molecule has 11 nitrogen and oxygen atoms in total. The molecule has 2 N–H and O–H groups in total. The number of ether oxygens (including phenoxy) is 7. The van der Waals surface area contributed by atoms with Crippen LogP contribution in [0.4, 0.5) is 0 Å². The van der Waals surface area contributed by atoms with Crippen LogP contribution < -0.4 is 4.72 Å². The highest BCUT2D eigenvalue weighted by Crippen LogP contribution is 1.90. The molecule has 0 aliphatic rings. The summed E-state index contributed by atoms with van der Waals surface area (Å²) in [5, 5.41) is 8.53. The molecule has 0 amide bonds. The quantitative estimate of drug-likeness (QED) is 0.157. The molecule has 0 aliphatic heterocycles. The van der Waals surface area contributed by atoms with Crippen LogP contribution in [0, 0.1) is 0 Å². The molecule has 0 spiro atoms. The number of rotatable bonds is 26. The zero-order chi connectivity index (χ0) is 22.9. The first-order chi connectivity index (χ1) is 15.1. The maximum absolute atomic E-state index is 10.9. The Hall–Kier alpha value is -0.410. The molecule has 0 aromatic rings. The van der Waals surface area contributed by atoms with E-state index in [1.54, 1.807) is 0 Å². The molecule has 0 aromatic carbocycles. The van der Waals surface area contributed by atoms with E-state index in [4.69, 9.17) is 38.3 Å². The van der Waals surface area contributed by atoms with Crippen molar-refractivity contribution in [2.24, 2.45) is 0 Å². The predicted octanol–water partition coefficient (Wildman–Crippen LogP) is -0.576. The second-order valence-corrected chi connectivity index (χ2v) is 8.22. The maximum Gasteiger partial charge on any atom is 0.208 e. The molecular formula is C19H41NO10S. The fraction of sp³-hybridized carbons (Fsp3) is 1.00. The third-order valence-electron chi connectivity index (χ3n) is 3.55. The first-order valence-corrected chi connectivity index (χ1v) is 12.5. The normalized spacial score (nSPS) is 11.9. The third-order valence-corrected chi connectivity index (χ3v) is 4.28. The maximum atomic E-state index is 10.9. The van der Waals surface area contributed by atoms with E-state index in [0.29, 0.717) is 99.0 Å². The van der Waals surface area contributed by atoms with Gasteiger partial charge >= 0.3 is 0 Å². The Morgan fingerprint density at radius 1 is 0.548 bits per heavy atom. The van der Waals surface area contributed by atoms with Crippen molar-refractivity contribution < 1.29 is 46.7 Å². The van der Waals surface area contributed by atoms with Gasteiger partial charge in [0.05, 0.1) is 98.8 Å². The Bertz CT molecular complexity index is 453. The highest BCUT2D eigenvalue weighted by molar-refractivity contribution is 7.88. The lowest BCUT2D eigenvalue weighted by atomic mass is 10.3. The highest BCUT2D eigenvalue weighted by Gasteiger charge is 1.99. The van der Waals surface area contributed by atoms with Crippen LogP contribution in [0.2, 0.25) is 0 Å². The van der Waals surface area contributed by atoms with Crippen LogP contribution in [0.3, 0.4) is 0 Å². The molecule has 188 valence electrons. The number of nitrogens with one attached hydrogen (secondary N) is 1. The summed E-state index contributed by atoms with van der Waals surface area (Å²) >= 11 is 0. The van der Waals surface area contributed by atoms with Gasteiger partial charge in [-0.2, -0.15) is 0 Å². The van der Waals surface area contributed by atoms with Crippen LogP contribution in [0.25, 0.3) is 0 Å². The van der Waals surface area contributed by atoms with Gasteiger partial charge in [0.15, 0.2) is 0 Å². The molecule has 0 fully saturated rings. The lowest BCUT2D eigenvalue weighted by molar-refractivity contribution is -0.0215. The summed E-state index contributed by atoms with van der Waals surface area (Å²) in [7, 11) is -3.10. The minimum atomic E-state index is -3.10. The second-order valence-electron chi connectivity index (χ2n) is 6.38. The number of hydrogen-bond acceptors (Lipinski definition) is 10. The molecular weight excluding hydrogens is 434 g/mol. The van der Waals surface area contributed by atoms with Crippen molar-refractivity contribution in [3.8, 4) is 0 Å². The molecule has 0 aromatic heterocycles. The van der Waals surface area contributed by atoms with Crippen molar-refractivity contribution >= 4 is 10.0 Å². The second kappa shape index (κ2) is 24.2. The van der Waals surface area contributed by atoms with Gasteiger partial charge in [-0.1, -0.05) is 0 Å². The summed E-state index contributed by atoms with van der Waals surface area (Å²) in [5.41, 5.74) is 0. The number of sulfonamides is 1. The summed E-state index contributed by atoms with van der Waals surface area (Å²) < 4.78 is 61.5. The Kier molecular flexibility index (Phi) is 23.9. The van der Waals surface area contributed by atoms with Crippen LogP contribution in [-0.2, 0) is 43.2 Å². The lowest BCUT2D eigenvalue weighted by Crippen LogP contribution is -2.23. The van der Waals surface area contributed by atoms with Crippen molar-refractivity contribution in [1.82, 2.24) is 4.72 Å². The SMILES string of the molecule is CS(=O)(=O)NCCCCOCCOCCOCCOCCOCCOCCOCCO. The van der Waals surface area contributed by atoms with Crippen molar-refractivity contribution in [1.29, 1.82) is 0 Å². The predicted molar refractivity (Wildman–Crippen MR) is 115 cm³/mol. The molecule has 0 saturated heterocycles. The molecule has 0 heterocycles. The number of aliphatic hydroxyl groups excluding tert-OH is 1. The third kappa shape index (κ3) is 29.6. The van der Waals surface area contributed by atoms with E-state index in [9.17, 15) is 8.42 Å². The van der Waals surface area contributed by atoms with Gasteiger partial charge in [-0.3, -0.25) is 0 Å². The Labute approximate surface area is 186 Å². The molecule has 31 heavy (non-hydrogen) atoms. The van der Waals surface area contributed by atoms with Gasteiger partial charge < -0.3 is 38.3 Å². The van der Waals surface area contributed by atoms with E-state index in [-0.39, 0.29) is 6.61 Å². The van der Waals surface area contributed by atoms with E-state index in [1.807, 2.05) is 0 Å². The molecule has 0 bridgehead atoms. The zero-order valence-corrected chi connectivity index (χ0v) is 19.6. The highest BCUT2D eigenvalue weighted by atomic mass is 32.2. The summed E-state index contributed by atoms with van der Waals surface area (Å²) in [6, 6.07) is 0. The van der Waals surface area contributed by atoms with Crippen LogP contribution in [-0.4, -0.2) is 125 Å². The minimum absolute atomic E-state index is 0.0237. The fourth-order valence-corrected chi connectivity index (χ4v) is 2.59. The first-order valence-electron chi connectivity index (χ1n) is 10.7.